The van der Waals surface area contributed by atoms with Crippen molar-refractivity contribution in [2.75, 3.05) is 39.9 Å². The van der Waals surface area contributed by atoms with Gasteiger partial charge in [-0.3, -0.25) is 9.69 Å². The van der Waals surface area contributed by atoms with Gasteiger partial charge in [0.1, 0.15) is 11.5 Å². The largest absolute Gasteiger partial charge is 0.497 e. The lowest BCUT2D eigenvalue weighted by atomic mass is 10.1. The molecule has 2 aromatic carbocycles. The van der Waals surface area contributed by atoms with Crippen LogP contribution in [-0.2, 0) is 11.3 Å². The summed E-state index contributed by atoms with van der Waals surface area (Å²) in [5.41, 5.74) is 3.54. The van der Waals surface area contributed by atoms with Crippen molar-refractivity contribution in [3.63, 3.8) is 0 Å². The summed E-state index contributed by atoms with van der Waals surface area (Å²) < 4.78 is 11.1. The second-order valence-corrected chi connectivity index (χ2v) is 7.73. The van der Waals surface area contributed by atoms with Crippen LogP contribution in [0.15, 0.2) is 42.5 Å². The van der Waals surface area contributed by atoms with Gasteiger partial charge >= 0.3 is 0 Å². The van der Waals surface area contributed by atoms with E-state index in [1.807, 2.05) is 36.9 Å². The van der Waals surface area contributed by atoms with E-state index in [1.165, 1.54) is 11.1 Å². The van der Waals surface area contributed by atoms with Gasteiger partial charge in [-0.15, -0.1) is 0 Å². The minimum absolute atomic E-state index is 0.182. The highest BCUT2D eigenvalue weighted by atomic mass is 16.5. The van der Waals surface area contributed by atoms with Crippen molar-refractivity contribution in [2.24, 2.45) is 0 Å². The van der Waals surface area contributed by atoms with Gasteiger partial charge in [0.05, 0.1) is 20.1 Å². The summed E-state index contributed by atoms with van der Waals surface area (Å²) in [6, 6.07) is 14.4. The molecule has 1 aliphatic heterocycles. The van der Waals surface area contributed by atoms with Crippen molar-refractivity contribution < 1.29 is 14.3 Å². The van der Waals surface area contributed by atoms with Gasteiger partial charge in [0.15, 0.2) is 0 Å². The molecule has 156 valence electrons. The van der Waals surface area contributed by atoms with Gasteiger partial charge < -0.3 is 14.4 Å². The maximum absolute atomic E-state index is 12.6. The quantitative estimate of drug-likeness (QED) is 0.714. The van der Waals surface area contributed by atoms with Crippen LogP contribution in [0.5, 0.6) is 11.5 Å². The van der Waals surface area contributed by atoms with Crippen molar-refractivity contribution in [3.8, 4) is 11.5 Å². The van der Waals surface area contributed by atoms with E-state index in [-0.39, 0.29) is 5.91 Å². The Kier molecular flexibility index (Phi) is 7.53. The first-order valence-corrected chi connectivity index (χ1v) is 10.4. The number of aryl methyl sites for hydroxylation is 2. The maximum atomic E-state index is 12.6. The van der Waals surface area contributed by atoms with Crippen LogP contribution in [0.1, 0.15) is 29.5 Å². The van der Waals surface area contributed by atoms with Crippen LogP contribution in [0.3, 0.4) is 0 Å². The fraction of sp³-hybridized carbons (Fsp3) is 0.458. The molecule has 1 heterocycles. The highest BCUT2D eigenvalue weighted by Crippen LogP contribution is 2.19. The summed E-state index contributed by atoms with van der Waals surface area (Å²) in [5.74, 6) is 1.94. The molecule has 0 bridgehead atoms. The van der Waals surface area contributed by atoms with Gasteiger partial charge in [-0.05, 0) is 55.2 Å². The van der Waals surface area contributed by atoms with Gasteiger partial charge in [0.2, 0.25) is 5.91 Å². The van der Waals surface area contributed by atoms with Crippen molar-refractivity contribution in [2.45, 2.75) is 33.2 Å². The molecule has 0 atom stereocenters. The summed E-state index contributed by atoms with van der Waals surface area (Å²) >= 11 is 0. The summed E-state index contributed by atoms with van der Waals surface area (Å²) in [4.78, 5) is 17.0. The molecule has 1 fully saturated rings. The normalized spacial score (nSPS) is 15.1. The molecule has 0 unspecified atom stereocenters. The van der Waals surface area contributed by atoms with Crippen LogP contribution in [0.4, 0.5) is 0 Å². The molecule has 0 aromatic heterocycles. The molecular weight excluding hydrogens is 364 g/mol. The number of carbonyl (C=O) groups is 1. The highest BCUT2D eigenvalue weighted by Gasteiger charge is 2.19. The van der Waals surface area contributed by atoms with E-state index in [0.717, 1.165) is 56.2 Å². The number of benzene rings is 2. The predicted molar refractivity (Wildman–Crippen MR) is 115 cm³/mol. The van der Waals surface area contributed by atoms with Crippen molar-refractivity contribution in [3.05, 3.63) is 59.2 Å². The van der Waals surface area contributed by atoms with E-state index in [2.05, 4.69) is 29.2 Å². The van der Waals surface area contributed by atoms with Crippen LogP contribution < -0.4 is 9.47 Å². The van der Waals surface area contributed by atoms with E-state index < -0.39 is 0 Å². The van der Waals surface area contributed by atoms with Gasteiger partial charge in [0.25, 0.3) is 0 Å². The molecule has 5 nitrogen and oxygen atoms in total. The number of nitrogens with zero attached hydrogens (tertiary/aromatic N) is 2. The van der Waals surface area contributed by atoms with Crippen LogP contribution in [0.25, 0.3) is 0 Å². The summed E-state index contributed by atoms with van der Waals surface area (Å²) in [7, 11) is 1.68. The third-order valence-electron chi connectivity index (χ3n) is 5.42. The second-order valence-electron chi connectivity index (χ2n) is 7.73. The standard InChI is InChI=1S/C24H32N2O3/c1-19-5-6-20(2)23(17-19)29-16-11-24(27)26-13-4-12-25(14-15-26)18-21-7-9-22(28-3)10-8-21/h5-10,17H,4,11-16,18H2,1-3H3. The number of ether oxygens (including phenoxy) is 2. The number of methoxy groups -OCH3 is 1. The third kappa shape index (κ3) is 6.23. The van der Waals surface area contributed by atoms with E-state index in [9.17, 15) is 4.79 Å². The fourth-order valence-corrected chi connectivity index (χ4v) is 3.64. The number of hydrogen-bond donors (Lipinski definition) is 0. The van der Waals surface area contributed by atoms with Crippen molar-refractivity contribution in [1.82, 2.24) is 9.80 Å². The SMILES string of the molecule is COc1ccc(CN2CCCN(C(=O)CCOc3cc(C)ccc3C)CC2)cc1. The van der Waals surface area contributed by atoms with E-state index >= 15 is 0 Å². The van der Waals surface area contributed by atoms with Gasteiger partial charge in [0, 0.05) is 32.7 Å². The smallest absolute Gasteiger partial charge is 0.226 e. The van der Waals surface area contributed by atoms with E-state index in [1.54, 1.807) is 7.11 Å². The topological polar surface area (TPSA) is 42.0 Å². The summed E-state index contributed by atoms with van der Waals surface area (Å²) in [6.45, 7) is 8.91. The molecule has 3 rings (SSSR count). The molecule has 5 heteroatoms. The Labute approximate surface area is 174 Å². The monoisotopic (exact) mass is 396 g/mol. The first-order valence-electron chi connectivity index (χ1n) is 10.4. The number of rotatable bonds is 7. The summed E-state index contributed by atoms with van der Waals surface area (Å²) in [5, 5.41) is 0. The minimum atomic E-state index is 0.182. The number of carbonyl (C=O) groups excluding carboxylic acids is 1. The van der Waals surface area contributed by atoms with Crippen LogP contribution in [-0.4, -0.2) is 55.6 Å². The molecule has 29 heavy (non-hydrogen) atoms. The molecular formula is C24H32N2O3. The molecule has 1 aliphatic rings. The lowest BCUT2D eigenvalue weighted by Gasteiger charge is -2.22. The van der Waals surface area contributed by atoms with Gasteiger partial charge in [-0.25, -0.2) is 0 Å². The molecule has 2 aromatic rings. The van der Waals surface area contributed by atoms with Gasteiger partial charge in [-0.1, -0.05) is 24.3 Å². The second kappa shape index (κ2) is 10.3. The first kappa shape index (κ1) is 21.2. The lowest BCUT2D eigenvalue weighted by molar-refractivity contribution is -0.131. The Bertz CT molecular complexity index is 804. The average Bonchev–Trinajstić information content (AvgIpc) is 2.97. The molecule has 0 spiro atoms. The Morgan fingerprint density at radius 1 is 1.00 bits per heavy atom. The number of amides is 1. The van der Waals surface area contributed by atoms with Gasteiger partial charge in [-0.2, -0.15) is 0 Å². The first-order chi connectivity index (χ1) is 14.0. The van der Waals surface area contributed by atoms with Crippen molar-refractivity contribution >= 4 is 5.91 Å². The Morgan fingerprint density at radius 2 is 1.79 bits per heavy atom. The highest BCUT2D eigenvalue weighted by molar-refractivity contribution is 5.76. The molecule has 0 aliphatic carbocycles. The van der Waals surface area contributed by atoms with Crippen LogP contribution >= 0.6 is 0 Å². The zero-order valence-electron chi connectivity index (χ0n) is 17.8. The zero-order valence-corrected chi connectivity index (χ0v) is 17.8. The predicted octanol–water partition coefficient (Wildman–Crippen LogP) is 3.82. The zero-order chi connectivity index (χ0) is 20.6. The van der Waals surface area contributed by atoms with Crippen molar-refractivity contribution in [1.29, 1.82) is 0 Å². The number of hydrogen-bond acceptors (Lipinski definition) is 4. The Balaban J connectivity index is 1.44. The minimum Gasteiger partial charge on any atom is -0.497 e. The molecule has 1 amide bonds. The van der Waals surface area contributed by atoms with Crippen LogP contribution in [0, 0.1) is 13.8 Å². The molecule has 1 saturated heterocycles. The van der Waals surface area contributed by atoms with E-state index in [4.69, 9.17) is 9.47 Å². The molecule has 0 saturated carbocycles. The molecule has 0 N–H and O–H groups in total. The van der Waals surface area contributed by atoms with E-state index in [0.29, 0.717) is 13.0 Å². The molecule has 0 radical (unpaired) electrons. The Hall–Kier alpha value is -2.53. The third-order valence-corrected chi connectivity index (χ3v) is 5.42. The maximum Gasteiger partial charge on any atom is 0.226 e. The Morgan fingerprint density at radius 3 is 2.55 bits per heavy atom. The van der Waals surface area contributed by atoms with Crippen LogP contribution in [0.2, 0.25) is 0 Å². The summed E-state index contributed by atoms with van der Waals surface area (Å²) in [6.07, 6.45) is 1.42. The fourth-order valence-electron chi connectivity index (χ4n) is 3.64. The lowest BCUT2D eigenvalue weighted by Crippen LogP contribution is -2.35. The average molecular weight is 397 g/mol.